The summed E-state index contributed by atoms with van der Waals surface area (Å²) in [5.74, 6) is -0.498. The number of hydrogen-bond donors (Lipinski definition) is 1. The molecule has 0 aliphatic carbocycles. The van der Waals surface area contributed by atoms with Gasteiger partial charge in [0, 0.05) is 47.4 Å². The zero-order chi connectivity index (χ0) is 17.1. The summed E-state index contributed by atoms with van der Waals surface area (Å²) in [6, 6.07) is 14.3. The van der Waals surface area contributed by atoms with Crippen LogP contribution in [-0.4, -0.2) is 15.4 Å². The van der Waals surface area contributed by atoms with Crippen molar-refractivity contribution < 1.29 is 9.72 Å². The zero-order valence-corrected chi connectivity index (χ0v) is 12.8. The Balaban J connectivity index is 1.97. The smallest absolute Gasteiger partial charge is 0.269 e. The molecule has 0 bridgehead atoms. The molecular weight excluding hydrogens is 306 g/mol. The maximum absolute atomic E-state index is 11.0. The average molecular weight is 321 g/mol. The van der Waals surface area contributed by atoms with Crippen molar-refractivity contribution in [1.29, 1.82) is 0 Å². The third-order valence-electron chi connectivity index (χ3n) is 3.75. The van der Waals surface area contributed by atoms with Crippen LogP contribution in [-0.2, 0) is 11.3 Å². The van der Waals surface area contributed by atoms with Crippen LogP contribution in [0.2, 0.25) is 0 Å². The van der Waals surface area contributed by atoms with Crippen LogP contribution in [0.1, 0.15) is 11.1 Å². The van der Waals surface area contributed by atoms with Gasteiger partial charge in [-0.1, -0.05) is 30.3 Å². The average Bonchev–Trinajstić information content (AvgIpc) is 2.91. The molecule has 3 rings (SSSR count). The molecule has 0 aliphatic heterocycles. The van der Waals surface area contributed by atoms with Gasteiger partial charge in [-0.25, -0.2) is 0 Å². The van der Waals surface area contributed by atoms with E-state index in [2.05, 4.69) is 0 Å². The van der Waals surface area contributed by atoms with E-state index in [0.29, 0.717) is 6.54 Å². The van der Waals surface area contributed by atoms with Gasteiger partial charge in [0.05, 0.1) is 4.92 Å². The minimum absolute atomic E-state index is 0.0706. The van der Waals surface area contributed by atoms with E-state index in [1.165, 1.54) is 18.2 Å². The number of para-hydroxylation sites is 1. The summed E-state index contributed by atoms with van der Waals surface area (Å²) < 4.78 is 2.04. The number of carbonyl (C=O) groups is 1. The lowest BCUT2D eigenvalue weighted by Crippen LogP contribution is -2.05. The van der Waals surface area contributed by atoms with Crippen LogP contribution in [0, 0.1) is 10.1 Å². The van der Waals surface area contributed by atoms with Crippen LogP contribution in [0.25, 0.3) is 17.0 Å². The molecule has 1 aromatic heterocycles. The lowest BCUT2D eigenvalue weighted by atomic mass is 10.1. The molecule has 6 nitrogen and oxygen atoms in total. The molecule has 0 unspecified atom stereocenters. The van der Waals surface area contributed by atoms with Gasteiger partial charge in [0.25, 0.3) is 5.69 Å². The third-order valence-corrected chi connectivity index (χ3v) is 3.75. The standard InChI is InChI=1S/C18H15N3O3/c19-18(22)10-7-14-12-20(17-4-2-1-3-16(14)17)11-13-5-8-15(9-6-13)21(23)24/h1-10,12H,11H2,(H2,19,22)/b10-7-. The highest BCUT2D eigenvalue weighted by atomic mass is 16.6. The molecule has 0 saturated heterocycles. The molecule has 1 heterocycles. The van der Waals surface area contributed by atoms with Crippen LogP contribution in [0.5, 0.6) is 0 Å². The molecule has 0 fully saturated rings. The van der Waals surface area contributed by atoms with Gasteiger partial charge in [0.2, 0.25) is 5.91 Å². The predicted octanol–water partition coefficient (Wildman–Crippen LogP) is 3.10. The summed E-state index contributed by atoms with van der Waals surface area (Å²) in [4.78, 5) is 21.3. The van der Waals surface area contributed by atoms with Crippen molar-refractivity contribution >= 4 is 28.6 Å². The topological polar surface area (TPSA) is 91.2 Å². The molecule has 1 amide bonds. The van der Waals surface area contributed by atoms with Gasteiger partial charge in [-0.15, -0.1) is 0 Å². The summed E-state index contributed by atoms with van der Waals surface area (Å²) in [5, 5.41) is 11.7. The summed E-state index contributed by atoms with van der Waals surface area (Å²) in [7, 11) is 0. The van der Waals surface area contributed by atoms with Gasteiger partial charge >= 0.3 is 0 Å². The fourth-order valence-electron chi connectivity index (χ4n) is 2.63. The molecule has 0 radical (unpaired) electrons. The molecule has 0 atom stereocenters. The number of rotatable bonds is 5. The van der Waals surface area contributed by atoms with E-state index in [1.807, 2.05) is 35.0 Å². The maximum atomic E-state index is 11.0. The number of carbonyl (C=O) groups excluding carboxylic acids is 1. The molecule has 0 saturated carbocycles. The molecule has 0 aliphatic rings. The molecule has 120 valence electrons. The summed E-state index contributed by atoms with van der Waals surface area (Å²) in [6.45, 7) is 0.572. The second-order valence-corrected chi connectivity index (χ2v) is 5.39. The number of amides is 1. The van der Waals surface area contributed by atoms with Crippen molar-refractivity contribution in [3.8, 4) is 0 Å². The molecule has 2 N–H and O–H groups in total. The quantitative estimate of drug-likeness (QED) is 0.444. The van der Waals surface area contributed by atoms with Crippen LogP contribution in [0.4, 0.5) is 5.69 Å². The zero-order valence-electron chi connectivity index (χ0n) is 12.8. The molecular formula is C18H15N3O3. The fraction of sp³-hybridized carbons (Fsp3) is 0.0556. The molecule has 6 heteroatoms. The van der Waals surface area contributed by atoms with Gasteiger partial charge in [0.15, 0.2) is 0 Å². The van der Waals surface area contributed by atoms with E-state index in [4.69, 9.17) is 5.73 Å². The second-order valence-electron chi connectivity index (χ2n) is 5.39. The Morgan fingerprint density at radius 3 is 2.54 bits per heavy atom. The Kier molecular flexibility index (Phi) is 4.11. The SMILES string of the molecule is NC(=O)/C=C\c1cn(Cc2ccc([N+](=O)[O-])cc2)c2ccccc12. The van der Waals surface area contributed by atoms with Crippen LogP contribution in [0.3, 0.4) is 0 Å². The Morgan fingerprint density at radius 2 is 1.88 bits per heavy atom. The largest absolute Gasteiger partial charge is 0.366 e. The first-order valence-electron chi connectivity index (χ1n) is 7.33. The van der Waals surface area contributed by atoms with E-state index >= 15 is 0 Å². The molecule has 2 aromatic carbocycles. The van der Waals surface area contributed by atoms with Crippen molar-refractivity contribution in [2.45, 2.75) is 6.54 Å². The van der Waals surface area contributed by atoms with E-state index < -0.39 is 10.8 Å². The van der Waals surface area contributed by atoms with Crippen LogP contribution in [0.15, 0.2) is 60.8 Å². The van der Waals surface area contributed by atoms with E-state index in [9.17, 15) is 14.9 Å². The number of benzene rings is 2. The van der Waals surface area contributed by atoms with Gasteiger partial charge in [-0.05, 0) is 17.7 Å². The number of fused-ring (bicyclic) bond motifs is 1. The van der Waals surface area contributed by atoms with Crippen molar-refractivity contribution in [1.82, 2.24) is 4.57 Å². The number of nitro groups is 1. The number of nitro benzene ring substituents is 1. The number of non-ortho nitro benzene ring substituents is 1. The fourth-order valence-corrected chi connectivity index (χ4v) is 2.63. The minimum Gasteiger partial charge on any atom is -0.366 e. The molecule has 24 heavy (non-hydrogen) atoms. The molecule has 0 spiro atoms. The van der Waals surface area contributed by atoms with Gasteiger partial charge in [-0.2, -0.15) is 0 Å². The first kappa shape index (κ1) is 15.5. The van der Waals surface area contributed by atoms with E-state index in [0.717, 1.165) is 22.0 Å². The monoisotopic (exact) mass is 321 g/mol. The Bertz CT molecular complexity index is 940. The third kappa shape index (κ3) is 3.17. The summed E-state index contributed by atoms with van der Waals surface area (Å²) in [6.07, 6.45) is 4.96. The summed E-state index contributed by atoms with van der Waals surface area (Å²) in [5.41, 5.74) is 8.10. The van der Waals surface area contributed by atoms with Crippen molar-refractivity contribution in [3.05, 3.63) is 82.0 Å². The number of aromatic nitrogens is 1. The van der Waals surface area contributed by atoms with Crippen molar-refractivity contribution in [3.63, 3.8) is 0 Å². The lowest BCUT2D eigenvalue weighted by molar-refractivity contribution is -0.384. The first-order valence-corrected chi connectivity index (χ1v) is 7.33. The Morgan fingerprint density at radius 1 is 1.17 bits per heavy atom. The van der Waals surface area contributed by atoms with Crippen molar-refractivity contribution in [2.75, 3.05) is 0 Å². The maximum Gasteiger partial charge on any atom is 0.269 e. The normalized spacial score (nSPS) is 11.2. The van der Waals surface area contributed by atoms with Gasteiger partial charge in [0.1, 0.15) is 0 Å². The van der Waals surface area contributed by atoms with Gasteiger partial charge in [-0.3, -0.25) is 14.9 Å². The van der Waals surface area contributed by atoms with Crippen LogP contribution < -0.4 is 5.73 Å². The highest BCUT2D eigenvalue weighted by molar-refractivity contribution is 5.95. The van der Waals surface area contributed by atoms with E-state index in [-0.39, 0.29) is 5.69 Å². The number of hydrogen-bond acceptors (Lipinski definition) is 3. The van der Waals surface area contributed by atoms with Gasteiger partial charge < -0.3 is 10.3 Å². The van der Waals surface area contributed by atoms with E-state index in [1.54, 1.807) is 18.2 Å². The number of primary amides is 1. The predicted molar refractivity (Wildman–Crippen MR) is 92.4 cm³/mol. The van der Waals surface area contributed by atoms with Crippen LogP contribution >= 0.6 is 0 Å². The minimum atomic E-state index is -0.498. The summed E-state index contributed by atoms with van der Waals surface area (Å²) >= 11 is 0. The van der Waals surface area contributed by atoms with Crippen molar-refractivity contribution in [2.24, 2.45) is 5.73 Å². The second kappa shape index (κ2) is 6.37. The first-order chi connectivity index (χ1) is 11.5. The highest BCUT2D eigenvalue weighted by Crippen LogP contribution is 2.24. The Labute approximate surface area is 138 Å². The molecule has 3 aromatic rings. The number of nitrogens with zero attached hydrogens (tertiary/aromatic N) is 2. The lowest BCUT2D eigenvalue weighted by Gasteiger charge is -2.05. The highest BCUT2D eigenvalue weighted by Gasteiger charge is 2.08. The Hall–Kier alpha value is -3.41. The number of nitrogens with two attached hydrogens (primary N) is 1.